The molecule has 142 valence electrons. The Labute approximate surface area is 163 Å². The van der Waals surface area contributed by atoms with Gasteiger partial charge in [-0.05, 0) is 41.3 Å². The summed E-state index contributed by atoms with van der Waals surface area (Å²) in [5.74, 6) is 1.27. The number of amides is 2. The number of hydrogen-bond donors (Lipinski definition) is 1. The highest BCUT2D eigenvalue weighted by Gasteiger charge is 2.28. The van der Waals surface area contributed by atoms with Crippen LogP contribution < -0.4 is 10.1 Å². The van der Waals surface area contributed by atoms with Crippen LogP contribution in [-0.4, -0.2) is 41.4 Å². The summed E-state index contributed by atoms with van der Waals surface area (Å²) in [5, 5.41) is 2.75. The van der Waals surface area contributed by atoms with E-state index in [1.165, 1.54) is 6.08 Å². The Morgan fingerprint density at radius 3 is 3.04 bits per heavy atom. The maximum atomic E-state index is 12.5. The lowest BCUT2D eigenvalue weighted by Crippen LogP contribution is -2.34. The number of ether oxygens (including phenoxy) is 1. The fraction of sp³-hybridized carbons (Fsp3) is 0.227. The van der Waals surface area contributed by atoms with Gasteiger partial charge in [-0.25, -0.2) is 4.98 Å². The zero-order valence-electron chi connectivity index (χ0n) is 15.6. The van der Waals surface area contributed by atoms with Crippen LogP contribution >= 0.6 is 0 Å². The molecule has 0 saturated carbocycles. The SMILES string of the molecule is C=C1c2ccccc2OC1CN(C)C(=O)/C=C/c1cnc2c(c1)CCC(=O)N2. The van der Waals surface area contributed by atoms with Crippen LogP contribution in [0.25, 0.3) is 11.6 Å². The third-order valence-corrected chi connectivity index (χ3v) is 4.99. The van der Waals surface area contributed by atoms with Gasteiger partial charge in [-0.15, -0.1) is 0 Å². The van der Waals surface area contributed by atoms with Crippen molar-refractivity contribution in [3.63, 3.8) is 0 Å². The van der Waals surface area contributed by atoms with Crippen molar-refractivity contribution in [2.24, 2.45) is 0 Å². The molecule has 1 N–H and O–H groups in total. The number of fused-ring (bicyclic) bond motifs is 2. The second-order valence-corrected chi connectivity index (χ2v) is 7.00. The molecule has 2 amide bonds. The zero-order chi connectivity index (χ0) is 19.7. The highest BCUT2D eigenvalue weighted by atomic mass is 16.5. The van der Waals surface area contributed by atoms with E-state index in [-0.39, 0.29) is 17.9 Å². The lowest BCUT2D eigenvalue weighted by Gasteiger charge is -2.20. The number of anilines is 1. The first-order chi connectivity index (χ1) is 13.5. The van der Waals surface area contributed by atoms with Crippen LogP contribution in [-0.2, 0) is 16.0 Å². The standard InChI is InChI=1S/C22H21N3O3/c1-14-17-5-3-4-6-18(17)28-19(14)13-25(2)21(27)10-7-15-11-16-8-9-20(26)24-22(16)23-12-15/h3-7,10-12,19H,1,8-9,13H2,2H3,(H,23,24,26)/b10-7+. The third-order valence-electron chi connectivity index (χ3n) is 4.99. The molecule has 3 heterocycles. The summed E-state index contributed by atoms with van der Waals surface area (Å²) in [6, 6.07) is 9.71. The number of aryl methyl sites for hydroxylation is 1. The molecule has 1 atom stereocenters. The molecule has 0 bridgehead atoms. The number of likely N-dealkylation sites (N-methyl/N-ethyl adjacent to an activating group) is 1. The van der Waals surface area contributed by atoms with Crippen LogP contribution in [0.4, 0.5) is 5.82 Å². The maximum absolute atomic E-state index is 12.5. The molecule has 0 spiro atoms. The van der Waals surface area contributed by atoms with Gasteiger partial charge in [0.1, 0.15) is 17.7 Å². The van der Waals surface area contributed by atoms with E-state index in [9.17, 15) is 9.59 Å². The van der Waals surface area contributed by atoms with Gasteiger partial charge in [0, 0.05) is 31.3 Å². The van der Waals surface area contributed by atoms with Crippen LogP contribution in [0.1, 0.15) is 23.1 Å². The Kier molecular flexibility index (Phi) is 4.69. The molecule has 2 aromatic rings. The minimum Gasteiger partial charge on any atom is -0.483 e. The second-order valence-electron chi connectivity index (χ2n) is 7.00. The summed E-state index contributed by atoms with van der Waals surface area (Å²) < 4.78 is 5.91. The largest absolute Gasteiger partial charge is 0.483 e. The molecule has 6 heteroatoms. The van der Waals surface area contributed by atoms with Gasteiger partial charge < -0.3 is 15.0 Å². The Bertz CT molecular complexity index is 996. The minimum absolute atomic E-state index is 0.0158. The molecular formula is C22H21N3O3. The van der Waals surface area contributed by atoms with Crippen molar-refractivity contribution in [2.45, 2.75) is 18.9 Å². The Balaban J connectivity index is 1.39. The van der Waals surface area contributed by atoms with Crippen LogP contribution in [0.5, 0.6) is 5.75 Å². The van der Waals surface area contributed by atoms with Gasteiger partial charge in [0.15, 0.2) is 0 Å². The van der Waals surface area contributed by atoms with Crippen molar-refractivity contribution in [1.82, 2.24) is 9.88 Å². The second kappa shape index (κ2) is 7.31. The minimum atomic E-state index is -0.242. The van der Waals surface area contributed by atoms with E-state index in [2.05, 4.69) is 16.9 Å². The number of benzene rings is 1. The third kappa shape index (κ3) is 3.53. The van der Waals surface area contributed by atoms with E-state index in [1.807, 2.05) is 30.3 Å². The van der Waals surface area contributed by atoms with Crippen LogP contribution in [0.2, 0.25) is 0 Å². The summed E-state index contributed by atoms with van der Waals surface area (Å²) in [7, 11) is 1.74. The van der Waals surface area contributed by atoms with Crippen molar-refractivity contribution in [3.05, 3.63) is 65.9 Å². The average molecular weight is 375 g/mol. The molecule has 2 aliphatic rings. The van der Waals surface area contributed by atoms with E-state index in [4.69, 9.17) is 4.74 Å². The van der Waals surface area contributed by atoms with Crippen molar-refractivity contribution in [2.75, 3.05) is 18.9 Å². The molecule has 0 saturated heterocycles. The Morgan fingerprint density at radius 1 is 1.39 bits per heavy atom. The molecule has 0 aliphatic carbocycles. The average Bonchev–Trinajstić information content (AvgIpc) is 3.01. The normalized spacial score (nSPS) is 17.7. The predicted molar refractivity (Wildman–Crippen MR) is 108 cm³/mol. The maximum Gasteiger partial charge on any atom is 0.246 e. The van der Waals surface area contributed by atoms with Crippen LogP contribution in [0.3, 0.4) is 0 Å². The molecule has 6 nitrogen and oxygen atoms in total. The van der Waals surface area contributed by atoms with E-state index in [0.717, 1.165) is 28.0 Å². The van der Waals surface area contributed by atoms with Gasteiger partial charge in [0.25, 0.3) is 0 Å². The number of carbonyl (C=O) groups is 2. The number of para-hydroxylation sites is 1. The van der Waals surface area contributed by atoms with Gasteiger partial charge in [0.05, 0.1) is 6.54 Å². The lowest BCUT2D eigenvalue weighted by atomic mass is 10.0. The first-order valence-corrected chi connectivity index (χ1v) is 9.18. The van der Waals surface area contributed by atoms with Crippen molar-refractivity contribution in [3.8, 4) is 5.75 Å². The smallest absolute Gasteiger partial charge is 0.246 e. The van der Waals surface area contributed by atoms with Gasteiger partial charge in [-0.2, -0.15) is 0 Å². The number of carbonyl (C=O) groups excluding carboxylic acids is 2. The molecule has 0 fully saturated rings. The van der Waals surface area contributed by atoms with Crippen LogP contribution in [0, 0.1) is 0 Å². The van der Waals surface area contributed by atoms with E-state index in [1.54, 1.807) is 24.2 Å². The van der Waals surface area contributed by atoms with Gasteiger partial charge in [-0.3, -0.25) is 9.59 Å². The number of aromatic nitrogens is 1. The molecule has 28 heavy (non-hydrogen) atoms. The highest BCUT2D eigenvalue weighted by Crippen LogP contribution is 2.36. The number of nitrogens with one attached hydrogen (secondary N) is 1. The van der Waals surface area contributed by atoms with Crippen molar-refractivity contribution in [1.29, 1.82) is 0 Å². The molecule has 1 aromatic heterocycles. The summed E-state index contributed by atoms with van der Waals surface area (Å²) in [6.07, 6.45) is 5.78. The highest BCUT2D eigenvalue weighted by molar-refractivity contribution is 5.94. The van der Waals surface area contributed by atoms with Crippen molar-refractivity contribution < 1.29 is 14.3 Å². The van der Waals surface area contributed by atoms with Gasteiger partial charge in [0.2, 0.25) is 11.8 Å². The van der Waals surface area contributed by atoms with E-state index in [0.29, 0.717) is 25.2 Å². The van der Waals surface area contributed by atoms with Gasteiger partial charge in [-0.1, -0.05) is 24.8 Å². The molecule has 1 unspecified atom stereocenters. The number of nitrogens with zero attached hydrogens (tertiary/aromatic N) is 2. The predicted octanol–water partition coefficient (Wildman–Crippen LogP) is 2.91. The summed E-state index contributed by atoms with van der Waals surface area (Å²) in [6.45, 7) is 4.53. The first-order valence-electron chi connectivity index (χ1n) is 9.18. The summed E-state index contributed by atoms with van der Waals surface area (Å²) in [4.78, 5) is 29.8. The number of pyridine rings is 1. The lowest BCUT2D eigenvalue weighted by molar-refractivity contribution is -0.125. The fourth-order valence-corrected chi connectivity index (χ4v) is 3.38. The molecule has 2 aliphatic heterocycles. The van der Waals surface area contributed by atoms with Gasteiger partial charge >= 0.3 is 0 Å². The first kappa shape index (κ1) is 18.0. The zero-order valence-corrected chi connectivity index (χ0v) is 15.6. The summed E-state index contributed by atoms with van der Waals surface area (Å²) >= 11 is 0. The molecule has 1 aromatic carbocycles. The quantitative estimate of drug-likeness (QED) is 0.834. The molecule has 4 rings (SSSR count). The monoisotopic (exact) mass is 375 g/mol. The number of hydrogen-bond acceptors (Lipinski definition) is 4. The fourth-order valence-electron chi connectivity index (χ4n) is 3.38. The van der Waals surface area contributed by atoms with Crippen LogP contribution in [0.15, 0.2) is 49.2 Å². The Hall–Kier alpha value is -3.41. The summed E-state index contributed by atoms with van der Waals surface area (Å²) in [5.41, 5.74) is 3.69. The van der Waals surface area contributed by atoms with E-state index >= 15 is 0 Å². The topological polar surface area (TPSA) is 71.5 Å². The van der Waals surface area contributed by atoms with E-state index < -0.39 is 0 Å². The molecular weight excluding hydrogens is 354 g/mol. The number of rotatable bonds is 4. The molecule has 0 radical (unpaired) electrons. The Morgan fingerprint density at radius 2 is 2.21 bits per heavy atom. The van der Waals surface area contributed by atoms with Crippen molar-refractivity contribution >= 4 is 29.3 Å².